The van der Waals surface area contributed by atoms with Crippen LogP contribution in [0.2, 0.25) is 0 Å². The molecule has 0 spiro atoms. The first-order valence-electron chi connectivity index (χ1n) is 8.37. The molecule has 0 heterocycles. The molecule has 1 aliphatic carbocycles. The molecule has 0 atom stereocenters. The molecular weight excluding hydrogens is 370 g/mol. The Kier molecular flexibility index (Phi) is 5.21. The molecule has 0 bridgehead atoms. The van der Waals surface area contributed by atoms with Crippen molar-refractivity contribution < 1.29 is 27.4 Å². The summed E-state index contributed by atoms with van der Waals surface area (Å²) < 4.78 is 49.7. The first-order chi connectivity index (χ1) is 12.9. The number of hydrogen-bond donors (Lipinski definition) is 1. The smallest absolute Gasteiger partial charge is 0.241 e. The Balaban J connectivity index is 1.92. The van der Waals surface area contributed by atoms with Gasteiger partial charge in [0.15, 0.2) is 23.0 Å². The van der Waals surface area contributed by atoms with Crippen LogP contribution in [0.3, 0.4) is 0 Å². The number of hydrogen-bond acceptors (Lipinski definition) is 6. The summed E-state index contributed by atoms with van der Waals surface area (Å²) in [6.45, 7) is 0. The molecule has 3 rings (SSSR count). The highest BCUT2D eigenvalue weighted by Gasteiger charge is 2.48. The SMILES string of the molecule is COc1ccc(C2(NS(=O)(=O)c3ccc(OC)c(OC)c3)CC2)cc1OC. The topological polar surface area (TPSA) is 83.1 Å². The summed E-state index contributed by atoms with van der Waals surface area (Å²) in [6, 6.07) is 9.96. The van der Waals surface area contributed by atoms with Crippen molar-refractivity contribution in [3.8, 4) is 23.0 Å². The Bertz CT molecular complexity index is 937. The van der Waals surface area contributed by atoms with Crippen LogP contribution in [-0.4, -0.2) is 36.9 Å². The molecule has 1 aliphatic rings. The molecule has 0 saturated heterocycles. The first-order valence-corrected chi connectivity index (χ1v) is 9.86. The molecule has 0 aliphatic heterocycles. The van der Waals surface area contributed by atoms with Crippen LogP contribution in [-0.2, 0) is 15.6 Å². The van der Waals surface area contributed by atoms with E-state index in [0.29, 0.717) is 35.8 Å². The summed E-state index contributed by atoms with van der Waals surface area (Å²) in [7, 11) is 2.32. The maximum Gasteiger partial charge on any atom is 0.241 e. The molecule has 146 valence electrons. The fourth-order valence-corrected chi connectivity index (χ4v) is 4.47. The molecule has 1 saturated carbocycles. The van der Waals surface area contributed by atoms with E-state index in [1.54, 1.807) is 26.4 Å². The van der Waals surface area contributed by atoms with E-state index in [2.05, 4.69) is 4.72 Å². The molecule has 1 N–H and O–H groups in total. The Morgan fingerprint density at radius 1 is 0.778 bits per heavy atom. The molecule has 7 nitrogen and oxygen atoms in total. The van der Waals surface area contributed by atoms with E-state index in [9.17, 15) is 8.42 Å². The normalized spacial score (nSPS) is 15.1. The van der Waals surface area contributed by atoms with E-state index >= 15 is 0 Å². The van der Waals surface area contributed by atoms with Crippen LogP contribution in [0, 0.1) is 0 Å². The lowest BCUT2D eigenvalue weighted by Gasteiger charge is -2.20. The monoisotopic (exact) mass is 393 g/mol. The van der Waals surface area contributed by atoms with Gasteiger partial charge in [-0.15, -0.1) is 0 Å². The Hall–Kier alpha value is -2.45. The van der Waals surface area contributed by atoms with Gasteiger partial charge in [-0.25, -0.2) is 13.1 Å². The molecule has 0 aromatic heterocycles. The predicted molar refractivity (Wildman–Crippen MR) is 100 cm³/mol. The maximum absolute atomic E-state index is 12.9. The van der Waals surface area contributed by atoms with E-state index < -0.39 is 15.6 Å². The van der Waals surface area contributed by atoms with Crippen LogP contribution in [0.25, 0.3) is 0 Å². The van der Waals surface area contributed by atoms with Gasteiger partial charge in [0.2, 0.25) is 10.0 Å². The van der Waals surface area contributed by atoms with Crippen LogP contribution < -0.4 is 23.7 Å². The standard InChI is InChI=1S/C19H23NO6S/c1-23-15-7-5-13(11-17(15)25-3)19(9-10-19)20-27(21,22)14-6-8-16(24-2)18(12-14)26-4/h5-8,11-12,20H,9-10H2,1-4H3. The van der Waals surface area contributed by atoms with Crippen molar-refractivity contribution in [2.75, 3.05) is 28.4 Å². The molecule has 27 heavy (non-hydrogen) atoms. The summed E-state index contributed by atoms with van der Waals surface area (Å²) in [6.07, 6.45) is 1.41. The lowest BCUT2D eigenvalue weighted by atomic mass is 10.1. The highest BCUT2D eigenvalue weighted by atomic mass is 32.2. The molecule has 0 unspecified atom stereocenters. The van der Waals surface area contributed by atoms with Crippen LogP contribution in [0.5, 0.6) is 23.0 Å². The first kappa shape index (κ1) is 19.3. The van der Waals surface area contributed by atoms with Crippen LogP contribution in [0.4, 0.5) is 0 Å². The van der Waals surface area contributed by atoms with Gasteiger partial charge in [-0.2, -0.15) is 0 Å². The third-order valence-corrected chi connectivity index (χ3v) is 6.22. The molecule has 2 aromatic rings. The van der Waals surface area contributed by atoms with Gasteiger partial charge in [-0.05, 0) is 42.7 Å². The number of rotatable bonds is 8. The third-order valence-electron chi connectivity index (χ3n) is 4.68. The number of methoxy groups -OCH3 is 4. The summed E-state index contributed by atoms with van der Waals surface area (Å²) in [4.78, 5) is 0.118. The van der Waals surface area contributed by atoms with E-state index in [1.807, 2.05) is 12.1 Å². The number of ether oxygens (including phenoxy) is 4. The average molecular weight is 393 g/mol. The minimum Gasteiger partial charge on any atom is -0.493 e. The Labute approximate surface area is 159 Å². The zero-order valence-electron chi connectivity index (χ0n) is 15.7. The largest absolute Gasteiger partial charge is 0.493 e. The molecule has 8 heteroatoms. The lowest BCUT2D eigenvalue weighted by molar-refractivity contribution is 0.353. The van der Waals surface area contributed by atoms with Gasteiger partial charge in [-0.3, -0.25) is 0 Å². The predicted octanol–water partition coefficient (Wildman–Crippen LogP) is 2.69. The second-order valence-corrected chi connectivity index (χ2v) is 7.96. The van der Waals surface area contributed by atoms with Crippen molar-refractivity contribution in [2.45, 2.75) is 23.3 Å². The zero-order chi connectivity index (χ0) is 19.7. The van der Waals surface area contributed by atoms with Gasteiger partial charge in [-0.1, -0.05) is 6.07 Å². The Morgan fingerprint density at radius 2 is 1.30 bits per heavy atom. The van der Waals surface area contributed by atoms with Crippen molar-refractivity contribution in [1.82, 2.24) is 4.72 Å². The van der Waals surface area contributed by atoms with Crippen molar-refractivity contribution >= 4 is 10.0 Å². The quantitative estimate of drug-likeness (QED) is 0.742. The zero-order valence-corrected chi connectivity index (χ0v) is 16.6. The second-order valence-electron chi connectivity index (χ2n) is 6.27. The van der Waals surface area contributed by atoms with E-state index in [1.165, 1.54) is 26.4 Å². The highest BCUT2D eigenvalue weighted by molar-refractivity contribution is 7.89. The van der Waals surface area contributed by atoms with Gasteiger partial charge in [0, 0.05) is 6.07 Å². The highest BCUT2D eigenvalue weighted by Crippen LogP contribution is 2.48. The summed E-state index contributed by atoms with van der Waals surface area (Å²) in [5, 5.41) is 0. The van der Waals surface area contributed by atoms with Crippen LogP contribution in [0.1, 0.15) is 18.4 Å². The minimum atomic E-state index is -3.75. The molecule has 0 radical (unpaired) electrons. The molecular formula is C19H23NO6S. The van der Waals surface area contributed by atoms with Crippen LogP contribution in [0.15, 0.2) is 41.3 Å². The molecule has 1 fully saturated rings. The average Bonchev–Trinajstić information content (AvgIpc) is 3.46. The summed E-state index contributed by atoms with van der Waals surface area (Å²) in [5.41, 5.74) is 0.190. The van der Waals surface area contributed by atoms with Gasteiger partial charge in [0.05, 0.1) is 38.9 Å². The molecule has 0 amide bonds. The summed E-state index contributed by atoms with van der Waals surface area (Å²) in [5.74, 6) is 1.99. The number of benzene rings is 2. The van der Waals surface area contributed by atoms with Gasteiger partial charge >= 0.3 is 0 Å². The van der Waals surface area contributed by atoms with Crippen molar-refractivity contribution in [3.63, 3.8) is 0 Å². The second kappa shape index (κ2) is 7.28. The summed E-state index contributed by atoms with van der Waals surface area (Å²) >= 11 is 0. The van der Waals surface area contributed by atoms with Gasteiger partial charge < -0.3 is 18.9 Å². The van der Waals surface area contributed by atoms with Gasteiger partial charge in [0.1, 0.15) is 0 Å². The number of sulfonamides is 1. The Morgan fingerprint density at radius 3 is 1.81 bits per heavy atom. The number of nitrogens with one attached hydrogen (secondary N) is 1. The maximum atomic E-state index is 12.9. The van der Waals surface area contributed by atoms with Crippen molar-refractivity contribution in [3.05, 3.63) is 42.0 Å². The fourth-order valence-electron chi connectivity index (χ4n) is 3.01. The molecule has 2 aromatic carbocycles. The van der Waals surface area contributed by atoms with Crippen molar-refractivity contribution in [2.24, 2.45) is 0 Å². The van der Waals surface area contributed by atoms with E-state index in [-0.39, 0.29) is 4.90 Å². The minimum absolute atomic E-state index is 0.118. The fraction of sp³-hybridized carbons (Fsp3) is 0.368. The van der Waals surface area contributed by atoms with E-state index in [4.69, 9.17) is 18.9 Å². The van der Waals surface area contributed by atoms with E-state index in [0.717, 1.165) is 5.56 Å². The third kappa shape index (κ3) is 3.68. The lowest BCUT2D eigenvalue weighted by Crippen LogP contribution is -2.34. The van der Waals surface area contributed by atoms with Gasteiger partial charge in [0.25, 0.3) is 0 Å². The van der Waals surface area contributed by atoms with Crippen molar-refractivity contribution in [1.29, 1.82) is 0 Å². The van der Waals surface area contributed by atoms with Crippen LogP contribution >= 0.6 is 0 Å².